The van der Waals surface area contributed by atoms with Crippen molar-refractivity contribution in [2.24, 2.45) is 0 Å². The van der Waals surface area contributed by atoms with Gasteiger partial charge in [-0.15, -0.1) is 0 Å². The maximum absolute atomic E-state index is 14.0. The first-order valence-electron chi connectivity index (χ1n) is 7.20. The number of hydrogen-bond acceptors (Lipinski definition) is 4. The van der Waals surface area contributed by atoms with Gasteiger partial charge in [0, 0.05) is 10.6 Å². The van der Waals surface area contributed by atoms with Crippen LogP contribution in [-0.2, 0) is 0 Å². The topological polar surface area (TPSA) is 63.7 Å². The molecule has 0 radical (unpaired) electrons. The largest absolute Gasteiger partial charge is 0.434 e. The van der Waals surface area contributed by atoms with E-state index in [1.807, 2.05) is 0 Å². The highest BCUT2D eigenvalue weighted by Crippen LogP contribution is 2.30. The fourth-order valence-corrected chi connectivity index (χ4v) is 2.43. The number of nitrogens with one attached hydrogen (secondary N) is 1. The standard InChI is InChI=1S/C17H9ClF2N4O/c18-10-3-6-13(12(20)7-10)25-17-14-16(22-8-21-14)23-15(24-17)9-1-4-11(19)5-2-9/h1-8H,(H,21,22,23,24). The van der Waals surface area contributed by atoms with Crippen LogP contribution in [-0.4, -0.2) is 19.9 Å². The normalized spacial score (nSPS) is 11.0. The lowest BCUT2D eigenvalue weighted by Crippen LogP contribution is -1.97. The summed E-state index contributed by atoms with van der Waals surface area (Å²) in [6.45, 7) is 0. The first kappa shape index (κ1) is 15.5. The quantitative estimate of drug-likeness (QED) is 0.574. The van der Waals surface area contributed by atoms with E-state index in [1.54, 1.807) is 12.1 Å². The molecule has 0 fully saturated rings. The fourth-order valence-electron chi connectivity index (χ4n) is 2.27. The second-order valence-corrected chi connectivity index (χ2v) is 5.57. The van der Waals surface area contributed by atoms with Crippen LogP contribution in [0.25, 0.3) is 22.6 Å². The van der Waals surface area contributed by atoms with Crippen LogP contribution in [0.3, 0.4) is 0 Å². The molecule has 4 rings (SSSR count). The van der Waals surface area contributed by atoms with Gasteiger partial charge in [-0.25, -0.2) is 18.7 Å². The third-order valence-electron chi connectivity index (χ3n) is 3.45. The zero-order chi connectivity index (χ0) is 17.4. The molecule has 2 aromatic heterocycles. The van der Waals surface area contributed by atoms with E-state index in [1.165, 1.54) is 30.6 Å². The van der Waals surface area contributed by atoms with Crippen molar-refractivity contribution in [3.63, 3.8) is 0 Å². The number of aromatic nitrogens is 4. The lowest BCUT2D eigenvalue weighted by molar-refractivity contribution is 0.431. The number of rotatable bonds is 3. The second kappa shape index (κ2) is 6.10. The van der Waals surface area contributed by atoms with E-state index in [4.69, 9.17) is 16.3 Å². The minimum absolute atomic E-state index is 0.0440. The lowest BCUT2D eigenvalue weighted by atomic mass is 10.2. The summed E-state index contributed by atoms with van der Waals surface area (Å²) >= 11 is 5.75. The first-order valence-corrected chi connectivity index (χ1v) is 7.58. The highest BCUT2D eigenvalue weighted by Gasteiger charge is 2.15. The SMILES string of the molecule is Fc1ccc(-c2nc(Oc3ccc(Cl)cc3F)c3nc[nH]c3n2)cc1. The van der Waals surface area contributed by atoms with Crippen LogP contribution < -0.4 is 4.74 Å². The predicted octanol–water partition coefficient (Wildman–Crippen LogP) is 4.74. The van der Waals surface area contributed by atoms with Crippen LogP contribution in [0.2, 0.25) is 5.02 Å². The van der Waals surface area contributed by atoms with E-state index in [9.17, 15) is 8.78 Å². The number of halogens is 3. The molecule has 0 bridgehead atoms. The van der Waals surface area contributed by atoms with Crippen molar-refractivity contribution in [2.75, 3.05) is 0 Å². The number of benzene rings is 2. The number of fused-ring (bicyclic) bond motifs is 1. The minimum atomic E-state index is -0.627. The predicted molar refractivity (Wildman–Crippen MR) is 88.6 cm³/mol. The van der Waals surface area contributed by atoms with Gasteiger partial charge in [0.2, 0.25) is 0 Å². The van der Waals surface area contributed by atoms with Gasteiger partial charge in [-0.2, -0.15) is 4.98 Å². The number of H-pyrrole nitrogens is 1. The van der Waals surface area contributed by atoms with Crippen molar-refractivity contribution < 1.29 is 13.5 Å². The molecule has 4 aromatic rings. The maximum Gasteiger partial charge on any atom is 0.251 e. The van der Waals surface area contributed by atoms with Gasteiger partial charge in [-0.05, 0) is 42.5 Å². The second-order valence-electron chi connectivity index (χ2n) is 5.14. The minimum Gasteiger partial charge on any atom is -0.434 e. The average molecular weight is 359 g/mol. The van der Waals surface area contributed by atoms with Crippen molar-refractivity contribution in [2.45, 2.75) is 0 Å². The highest BCUT2D eigenvalue weighted by atomic mass is 35.5. The van der Waals surface area contributed by atoms with Gasteiger partial charge in [0.1, 0.15) is 5.82 Å². The van der Waals surface area contributed by atoms with E-state index < -0.39 is 5.82 Å². The number of ether oxygens (including phenoxy) is 1. The molecule has 0 saturated carbocycles. The molecule has 0 saturated heterocycles. The Bertz CT molecular complexity index is 1070. The molecule has 0 aliphatic carbocycles. The van der Waals surface area contributed by atoms with Crippen LogP contribution in [0, 0.1) is 11.6 Å². The lowest BCUT2D eigenvalue weighted by Gasteiger charge is -2.08. The number of nitrogens with zero attached hydrogens (tertiary/aromatic N) is 3. The van der Waals surface area contributed by atoms with Crippen molar-refractivity contribution in [3.8, 4) is 23.0 Å². The summed E-state index contributed by atoms with van der Waals surface area (Å²) in [6, 6.07) is 9.73. The molecular formula is C17H9ClF2N4O. The van der Waals surface area contributed by atoms with Crippen molar-refractivity contribution in [1.82, 2.24) is 19.9 Å². The molecule has 25 heavy (non-hydrogen) atoms. The van der Waals surface area contributed by atoms with Crippen molar-refractivity contribution >= 4 is 22.8 Å². The fraction of sp³-hybridized carbons (Fsp3) is 0. The Morgan fingerprint density at radius 2 is 1.80 bits per heavy atom. The maximum atomic E-state index is 14.0. The molecule has 2 heterocycles. The van der Waals surface area contributed by atoms with Crippen molar-refractivity contribution in [1.29, 1.82) is 0 Å². The summed E-state index contributed by atoms with van der Waals surface area (Å²) in [6.07, 6.45) is 1.43. The zero-order valence-corrected chi connectivity index (χ0v) is 13.3. The highest BCUT2D eigenvalue weighted by molar-refractivity contribution is 6.30. The van der Waals surface area contributed by atoms with Crippen molar-refractivity contribution in [3.05, 3.63) is 65.4 Å². The summed E-state index contributed by atoms with van der Waals surface area (Å²) in [7, 11) is 0. The van der Waals surface area contributed by atoms with E-state index >= 15 is 0 Å². The number of hydrogen-bond donors (Lipinski definition) is 1. The van der Waals surface area contributed by atoms with Crippen LogP contribution in [0.5, 0.6) is 11.6 Å². The summed E-state index contributed by atoms with van der Waals surface area (Å²) in [5, 5.41) is 0.254. The van der Waals surface area contributed by atoms with Gasteiger partial charge in [-0.3, -0.25) is 0 Å². The number of imidazole rings is 1. The molecule has 0 aliphatic rings. The zero-order valence-electron chi connectivity index (χ0n) is 12.5. The summed E-state index contributed by atoms with van der Waals surface area (Å²) in [4.78, 5) is 15.6. The monoisotopic (exact) mass is 358 g/mol. The molecule has 0 spiro atoms. The van der Waals surface area contributed by atoms with E-state index in [-0.39, 0.29) is 22.5 Å². The van der Waals surface area contributed by atoms with Gasteiger partial charge < -0.3 is 9.72 Å². The van der Waals surface area contributed by atoms with Gasteiger partial charge >= 0.3 is 0 Å². The Morgan fingerprint density at radius 3 is 2.56 bits per heavy atom. The molecule has 0 unspecified atom stereocenters. The molecule has 0 atom stereocenters. The summed E-state index contributed by atoms with van der Waals surface area (Å²) < 4.78 is 32.7. The van der Waals surface area contributed by atoms with Crippen LogP contribution in [0.1, 0.15) is 0 Å². The Hall–Kier alpha value is -3.06. The molecule has 1 N–H and O–H groups in total. The van der Waals surface area contributed by atoms with Gasteiger partial charge in [0.25, 0.3) is 5.88 Å². The number of aromatic amines is 1. The van der Waals surface area contributed by atoms with Crippen LogP contribution in [0.15, 0.2) is 48.8 Å². The van der Waals surface area contributed by atoms with E-state index in [0.717, 1.165) is 6.07 Å². The molecular weight excluding hydrogens is 350 g/mol. The smallest absolute Gasteiger partial charge is 0.251 e. The van der Waals surface area contributed by atoms with Crippen LogP contribution >= 0.6 is 11.6 Å². The summed E-state index contributed by atoms with van der Waals surface area (Å²) in [5.41, 5.74) is 1.35. The van der Waals surface area contributed by atoms with Gasteiger partial charge in [-0.1, -0.05) is 11.6 Å². The average Bonchev–Trinajstić information content (AvgIpc) is 3.07. The Kier molecular flexibility index (Phi) is 3.77. The van der Waals surface area contributed by atoms with Gasteiger partial charge in [0.15, 0.2) is 28.6 Å². The molecule has 8 heteroatoms. The summed E-state index contributed by atoms with van der Waals surface area (Å²) in [5.74, 6) is -0.672. The molecule has 0 aliphatic heterocycles. The third kappa shape index (κ3) is 3.01. The molecule has 124 valence electrons. The molecule has 2 aromatic carbocycles. The Labute approximate surface area is 145 Å². The van der Waals surface area contributed by atoms with E-state index in [2.05, 4.69) is 19.9 Å². The first-order chi connectivity index (χ1) is 12.1. The third-order valence-corrected chi connectivity index (χ3v) is 3.69. The Balaban J connectivity index is 1.82. The Morgan fingerprint density at radius 1 is 1.00 bits per heavy atom. The van der Waals surface area contributed by atoms with Gasteiger partial charge in [0.05, 0.1) is 6.33 Å². The molecule has 0 amide bonds. The van der Waals surface area contributed by atoms with E-state index in [0.29, 0.717) is 22.6 Å². The van der Waals surface area contributed by atoms with Crippen LogP contribution in [0.4, 0.5) is 8.78 Å². The molecule has 5 nitrogen and oxygen atoms in total.